The molecule has 1 heterocycles. The second-order valence-corrected chi connectivity index (χ2v) is 12.1. The van der Waals surface area contributed by atoms with Crippen LogP contribution >= 0.6 is 0 Å². The molecule has 0 amide bonds. The van der Waals surface area contributed by atoms with Gasteiger partial charge in [0.05, 0.1) is 5.92 Å². The summed E-state index contributed by atoms with van der Waals surface area (Å²) in [5, 5.41) is 0. The minimum Gasteiger partial charge on any atom is -0.426 e. The first-order valence-corrected chi connectivity index (χ1v) is 15.8. The van der Waals surface area contributed by atoms with Gasteiger partial charge in [0.25, 0.3) is 0 Å². The first kappa shape index (κ1) is 28.8. The highest BCUT2D eigenvalue weighted by molar-refractivity contribution is 5.75. The predicted octanol–water partition coefficient (Wildman–Crippen LogP) is 9.68. The topological polar surface area (TPSA) is 52.1 Å². The lowest BCUT2D eigenvalue weighted by molar-refractivity contribution is -0.140. The van der Waals surface area contributed by atoms with E-state index >= 15 is 0 Å². The lowest BCUT2D eigenvalue weighted by atomic mass is 9.78. The normalized spacial score (nSPS) is 23.7. The van der Waals surface area contributed by atoms with E-state index in [9.17, 15) is 4.79 Å². The average molecular weight is 519 g/mol. The molecule has 208 valence electrons. The van der Waals surface area contributed by atoms with Gasteiger partial charge in [-0.2, -0.15) is 0 Å². The molecular weight excluding hydrogens is 468 g/mol. The SMILES string of the molecule is CCCCCCC[C@H]1CC[C@H](C(=O)Oc2ccc(-c3ncc([C@H]4CC[C@H](CCCC)CC4)cn3)cc2)CC1. The van der Waals surface area contributed by atoms with Gasteiger partial charge in [-0.3, -0.25) is 4.79 Å². The predicted molar refractivity (Wildman–Crippen MR) is 156 cm³/mol. The fourth-order valence-corrected chi connectivity index (χ4v) is 6.57. The summed E-state index contributed by atoms with van der Waals surface area (Å²) in [6.45, 7) is 4.55. The molecule has 4 heteroatoms. The van der Waals surface area contributed by atoms with E-state index < -0.39 is 0 Å². The maximum absolute atomic E-state index is 12.8. The van der Waals surface area contributed by atoms with E-state index in [4.69, 9.17) is 4.74 Å². The first-order chi connectivity index (χ1) is 18.7. The van der Waals surface area contributed by atoms with Crippen LogP contribution in [0.4, 0.5) is 0 Å². The minimum absolute atomic E-state index is 0.0450. The summed E-state index contributed by atoms with van der Waals surface area (Å²) in [4.78, 5) is 22.1. The number of hydrogen-bond donors (Lipinski definition) is 0. The van der Waals surface area contributed by atoms with Crippen molar-refractivity contribution >= 4 is 5.97 Å². The van der Waals surface area contributed by atoms with Gasteiger partial charge in [0, 0.05) is 18.0 Å². The summed E-state index contributed by atoms with van der Waals surface area (Å²) in [5.74, 6) is 3.65. The molecule has 0 atom stereocenters. The fourth-order valence-electron chi connectivity index (χ4n) is 6.57. The number of esters is 1. The lowest BCUT2D eigenvalue weighted by Crippen LogP contribution is -2.25. The molecule has 38 heavy (non-hydrogen) atoms. The number of hydrogen-bond acceptors (Lipinski definition) is 4. The zero-order valence-electron chi connectivity index (χ0n) is 24.0. The molecule has 4 rings (SSSR count). The summed E-state index contributed by atoms with van der Waals surface area (Å²) in [5.41, 5.74) is 2.23. The van der Waals surface area contributed by atoms with Gasteiger partial charge in [-0.25, -0.2) is 9.97 Å². The number of carbonyl (C=O) groups excluding carboxylic acids is 1. The van der Waals surface area contributed by atoms with Crippen LogP contribution in [0, 0.1) is 17.8 Å². The van der Waals surface area contributed by atoms with E-state index in [1.165, 1.54) is 102 Å². The third-order valence-electron chi connectivity index (χ3n) is 9.18. The minimum atomic E-state index is -0.0656. The van der Waals surface area contributed by atoms with Gasteiger partial charge in [0.1, 0.15) is 5.75 Å². The number of nitrogens with zero attached hydrogens (tertiary/aromatic N) is 2. The molecule has 0 bridgehead atoms. The van der Waals surface area contributed by atoms with Crippen molar-refractivity contribution in [1.82, 2.24) is 9.97 Å². The summed E-state index contributed by atoms with van der Waals surface area (Å²) in [7, 11) is 0. The Bertz CT molecular complexity index is 939. The van der Waals surface area contributed by atoms with Gasteiger partial charge >= 0.3 is 5.97 Å². The Hall–Kier alpha value is -2.23. The Morgan fingerprint density at radius 2 is 1.32 bits per heavy atom. The summed E-state index contributed by atoms with van der Waals surface area (Å²) in [6, 6.07) is 7.69. The summed E-state index contributed by atoms with van der Waals surface area (Å²) < 4.78 is 5.76. The van der Waals surface area contributed by atoms with Crippen LogP contribution in [0.15, 0.2) is 36.7 Å². The molecule has 4 nitrogen and oxygen atoms in total. The van der Waals surface area contributed by atoms with Gasteiger partial charge in [-0.15, -0.1) is 0 Å². The van der Waals surface area contributed by atoms with Crippen molar-refractivity contribution < 1.29 is 9.53 Å². The second kappa shape index (κ2) is 15.4. The Labute approximate surface area is 231 Å². The van der Waals surface area contributed by atoms with Crippen molar-refractivity contribution in [2.75, 3.05) is 0 Å². The van der Waals surface area contributed by atoms with E-state index in [1.807, 2.05) is 36.7 Å². The van der Waals surface area contributed by atoms with Crippen LogP contribution in [0.3, 0.4) is 0 Å². The maximum atomic E-state index is 12.8. The molecule has 0 aliphatic heterocycles. The number of ether oxygens (including phenoxy) is 1. The zero-order chi connectivity index (χ0) is 26.6. The molecule has 2 saturated carbocycles. The van der Waals surface area contributed by atoms with Crippen molar-refractivity contribution in [3.8, 4) is 17.1 Å². The fraction of sp³-hybridized carbons (Fsp3) is 0.676. The molecule has 1 aromatic carbocycles. The molecule has 2 aliphatic carbocycles. The molecule has 0 spiro atoms. The number of benzene rings is 1. The zero-order valence-corrected chi connectivity index (χ0v) is 24.0. The number of rotatable bonds is 13. The largest absolute Gasteiger partial charge is 0.426 e. The molecule has 0 unspecified atom stereocenters. The van der Waals surface area contributed by atoms with Gasteiger partial charge in [-0.05, 0) is 98.9 Å². The first-order valence-electron chi connectivity index (χ1n) is 15.8. The lowest BCUT2D eigenvalue weighted by Gasteiger charge is -2.28. The van der Waals surface area contributed by atoms with Crippen molar-refractivity contribution in [1.29, 1.82) is 0 Å². The van der Waals surface area contributed by atoms with E-state index in [1.54, 1.807) is 0 Å². The Morgan fingerprint density at radius 3 is 1.95 bits per heavy atom. The van der Waals surface area contributed by atoms with E-state index in [0.717, 1.165) is 36.1 Å². The Balaban J connectivity index is 1.20. The molecule has 2 fully saturated rings. The molecule has 0 radical (unpaired) electrons. The maximum Gasteiger partial charge on any atom is 0.314 e. The molecular formula is C34H50N2O2. The third kappa shape index (κ3) is 8.64. The van der Waals surface area contributed by atoms with Crippen LogP contribution in [0.5, 0.6) is 5.75 Å². The molecule has 0 saturated heterocycles. The van der Waals surface area contributed by atoms with Crippen LogP contribution in [0.2, 0.25) is 0 Å². The van der Waals surface area contributed by atoms with E-state index in [2.05, 4.69) is 23.8 Å². The van der Waals surface area contributed by atoms with Gasteiger partial charge in [0.2, 0.25) is 0 Å². The smallest absolute Gasteiger partial charge is 0.314 e. The van der Waals surface area contributed by atoms with E-state index in [0.29, 0.717) is 11.7 Å². The monoisotopic (exact) mass is 518 g/mol. The van der Waals surface area contributed by atoms with Gasteiger partial charge in [-0.1, -0.05) is 71.6 Å². The second-order valence-electron chi connectivity index (χ2n) is 12.1. The van der Waals surface area contributed by atoms with Crippen molar-refractivity contribution in [2.24, 2.45) is 17.8 Å². The Morgan fingerprint density at radius 1 is 0.737 bits per heavy atom. The average Bonchev–Trinajstić information content (AvgIpc) is 2.97. The van der Waals surface area contributed by atoms with Crippen molar-refractivity contribution in [2.45, 2.75) is 129 Å². The number of carbonyl (C=O) groups is 1. The molecule has 2 aliphatic rings. The van der Waals surface area contributed by atoms with E-state index in [-0.39, 0.29) is 11.9 Å². The summed E-state index contributed by atoms with van der Waals surface area (Å²) in [6.07, 6.45) is 25.7. The van der Waals surface area contributed by atoms with Gasteiger partial charge in [0.15, 0.2) is 5.82 Å². The van der Waals surface area contributed by atoms with Gasteiger partial charge < -0.3 is 4.74 Å². The van der Waals surface area contributed by atoms with Crippen LogP contribution < -0.4 is 4.74 Å². The highest BCUT2D eigenvalue weighted by atomic mass is 16.5. The van der Waals surface area contributed by atoms with Crippen LogP contribution in [-0.2, 0) is 4.79 Å². The van der Waals surface area contributed by atoms with Crippen molar-refractivity contribution in [3.05, 3.63) is 42.2 Å². The highest BCUT2D eigenvalue weighted by Gasteiger charge is 2.27. The van der Waals surface area contributed by atoms with Crippen LogP contribution in [-0.4, -0.2) is 15.9 Å². The third-order valence-corrected chi connectivity index (χ3v) is 9.18. The molecule has 0 N–H and O–H groups in total. The van der Waals surface area contributed by atoms with Crippen molar-refractivity contribution in [3.63, 3.8) is 0 Å². The standard InChI is InChI=1S/C34H50N2O2/c1-3-5-7-8-9-11-27-14-18-30(19-15-27)34(37)38-32-22-20-29(21-23-32)33-35-24-31(25-36-33)28-16-12-26(13-17-28)10-6-4-2/h20-28,30H,3-19H2,1-2H3/t26-,27-,28-,30-. The number of aromatic nitrogens is 2. The quantitative estimate of drug-likeness (QED) is 0.150. The Kier molecular flexibility index (Phi) is 11.6. The number of unbranched alkanes of at least 4 members (excludes halogenated alkanes) is 5. The van der Waals surface area contributed by atoms with Crippen LogP contribution in [0.25, 0.3) is 11.4 Å². The van der Waals surface area contributed by atoms with Crippen LogP contribution in [0.1, 0.15) is 134 Å². The summed E-state index contributed by atoms with van der Waals surface area (Å²) >= 11 is 0. The molecule has 1 aromatic heterocycles. The highest BCUT2D eigenvalue weighted by Crippen LogP contribution is 2.37. The molecule has 2 aromatic rings.